The van der Waals surface area contributed by atoms with Crippen LogP contribution in [0.5, 0.6) is 0 Å². The summed E-state index contributed by atoms with van der Waals surface area (Å²) in [7, 11) is 0. The van der Waals surface area contributed by atoms with Crippen LogP contribution in [0.2, 0.25) is 0 Å². The summed E-state index contributed by atoms with van der Waals surface area (Å²) in [5.41, 5.74) is 0.291. The summed E-state index contributed by atoms with van der Waals surface area (Å²) in [6, 6.07) is 2.52. The number of hydrogen-bond donors (Lipinski definition) is 1. The Hall–Kier alpha value is -1.69. The molecule has 0 spiro atoms. The molecule has 0 bridgehead atoms. The van der Waals surface area contributed by atoms with E-state index in [1.807, 2.05) is 6.92 Å². The lowest BCUT2D eigenvalue weighted by molar-refractivity contribution is -0.118. The van der Waals surface area contributed by atoms with Crippen LogP contribution >= 0.6 is 0 Å². The quantitative estimate of drug-likeness (QED) is 0.907. The number of halogens is 2. The van der Waals surface area contributed by atoms with Crippen LogP contribution in [0.1, 0.15) is 26.7 Å². The third-order valence-corrected chi connectivity index (χ3v) is 3.83. The first-order chi connectivity index (χ1) is 10.6. The number of carbonyl (C=O) groups excluding carboxylic acids is 1. The molecule has 0 atom stereocenters. The van der Waals surface area contributed by atoms with E-state index in [0.29, 0.717) is 45.6 Å². The second-order valence-corrected chi connectivity index (χ2v) is 5.38. The summed E-state index contributed by atoms with van der Waals surface area (Å²) in [6.45, 7) is 6.64. The number of rotatable bonds is 5. The topological polar surface area (TPSA) is 35.6 Å². The number of carbonyl (C=O) groups is 1. The van der Waals surface area contributed by atoms with E-state index in [0.717, 1.165) is 0 Å². The molecule has 0 aromatic heterocycles. The minimum Gasteiger partial charge on any atom is -0.364 e. The number of benzene rings is 1. The Kier molecular flexibility index (Phi) is 5.71. The van der Waals surface area contributed by atoms with E-state index in [4.69, 9.17) is 0 Å². The Morgan fingerprint density at radius 1 is 1.23 bits per heavy atom. The number of piperazine rings is 1. The Bertz CT molecular complexity index is 507. The van der Waals surface area contributed by atoms with Crippen molar-refractivity contribution in [1.82, 2.24) is 5.32 Å². The van der Waals surface area contributed by atoms with E-state index in [2.05, 4.69) is 5.32 Å². The Morgan fingerprint density at radius 2 is 1.82 bits per heavy atom. The van der Waals surface area contributed by atoms with Crippen LogP contribution in [0.25, 0.3) is 0 Å². The predicted molar refractivity (Wildman–Crippen MR) is 84.4 cm³/mol. The largest absolute Gasteiger partial charge is 0.364 e. The molecule has 0 aliphatic carbocycles. The number of nitrogens with zero attached hydrogens (tertiary/aromatic N) is 2. The van der Waals surface area contributed by atoms with Gasteiger partial charge in [0.2, 0.25) is 5.91 Å². The van der Waals surface area contributed by atoms with Gasteiger partial charge in [-0.05, 0) is 25.5 Å². The third-order valence-electron chi connectivity index (χ3n) is 3.83. The monoisotopic (exact) mass is 311 g/mol. The minimum atomic E-state index is -0.611. The SMILES string of the molecule is CCCC(=O)N(CC)c1cc(F)c(N2CCNCC2)c(F)c1. The van der Waals surface area contributed by atoms with Crippen molar-refractivity contribution in [1.29, 1.82) is 0 Å². The normalized spacial score (nSPS) is 15.0. The highest BCUT2D eigenvalue weighted by Gasteiger charge is 2.22. The van der Waals surface area contributed by atoms with Crippen molar-refractivity contribution in [2.24, 2.45) is 0 Å². The fraction of sp³-hybridized carbons (Fsp3) is 0.562. The van der Waals surface area contributed by atoms with Gasteiger partial charge >= 0.3 is 0 Å². The highest BCUT2D eigenvalue weighted by Crippen LogP contribution is 2.29. The molecule has 1 aliphatic rings. The Morgan fingerprint density at radius 3 is 2.32 bits per heavy atom. The van der Waals surface area contributed by atoms with E-state index in [1.165, 1.54) is 17.0 Å². The predicted octanol–water partition coefficient (Wildman–Crippen LogP) is 2.53. The van der Waals surface area contributed by atoms with Gasteiger partial charge in [0.15, 0.2) is 11.6 Å². The molecule has 6 heteroatoms. The Balaban J connectivity index is 2.30. The second-order valence-electron chi connectivity index (χ2n) is 5.38. The first-order valence-electron chi connectivity index (χ1n) is 7.83. The van der Waals surface area contributed by atoms with Gasteiger partial charge in [0.25, 0.3) is 0 Å². The van der Waals surface area contributed by atoms with Gasteiger partial charge in [-0.25, -0.2) is 8.78 Å². The van der Waals surface area contributed by atoms with Gasteiger partial charge in [0.05, 0.1) is 0 Å². The third kappa shape index (κ3) is 3.55. The van der Waals surface area contributed by atoms with Gasteiger partial charge in [-0.1, -0.05) is 6.92 Å². The van der Waals surface area contributed by atoms with Crippen LogP contribution in [0.3, 0.4) is 0 Å². The lowest BCUT2D eigenvalue weighted by atomic mass is 10.2. The average Bonchev–Trinajstić information content (AvgIpc) is 2.48. The molecular weight excluding hydrogens is 288 g/mol. The van der Waals surface area contributed by atoms with E-state index < -0.39 is 11.6 Å². The van der Waals surface area contributed by atoms with Crippen molar-refractivity contribution in [2.75, 3.05) is 42.5 Å². The molecule has 1 amide bonds. The van der Waals surface area contributed by atoms with Crippen molar-refractivity contribution in [3.8, 4) is 0 Å². The molecular formula is C16H23F2N3O. The zero-order valence-electron chi connectivity index (χ0n) is 13.2. The maximum atomic E-state index is 14.4. The van der Waals surface area contributed by atoms with E-state index in [1.54, 1.807) is 11.8 Å². The molecule has 0 radical (unpaired) electrons. The fourth-order valence-corrected chi connectivity index (χ4v) is 2.75. The molecule has 122 valence electrons. The molecule has 4 nitrogen and oxygen atoms in total. The zero-order valence-corrected chi connectivity index (χ0v) is 13.2. The standard InChI is InChI=1S/C16H23F2N3O/c1-3-5-15(22)21(4-2)12-10-13(17)16(14(18)11-12)20-8-6-19-7-9-20/h10-11,19H,3-9H2,1-2H3. The van der Waals surface area contributed by atoms with E-state index in [9.17, 15) is 13.6 Å². The van der Waals surface area contributed by atoms with Crippen molar-refractivity contribution < 1.29 is 13.6 Å². The van der Waals surface area contributed by atoms with Crippen LogP contribution in [-0.2, 0) is 4.79 Å². The maximum Gasteiger partial charge on any atom is 0.226 e. The van der Waals surface area contributed by atoms with Gasteiger partial charge in [-0.15, -0.1) is 0 Å². The van der Waals surface area contributed by atoms with Crippen LogP contribution in [0, 0.1) is 11.6 Å². The van der Waals surface area contributed by atoms with Crippen molar-refractivity contribution >= 4 is 17.3 Å². The van der Waals surface area contributed by atoms with Crippen molar-refractivity contribution in [3.05, 3.63) is 23.8 Å². The summed E-state index contributed by atoms with van der Waals surface area (Å²) < 4.78 is 28.8. The van der Waals surface area contributed by atoms with Gasteiger partial charge in [0, 0.05) is 44.8 Å². The molecule has 1 heterocycles. The number of amides is 1. The Labute approximate surface area is 130 Å². The van der Waals surface area contributed by atoms with Gasteiger partial charge in [0.1, 0.15) is 5.69 Å². The first-order valence-corrected chi connectivity index (χ1v) is 7.83. The molecule has 0 unspecified atom stereocenters. The minimum absolute atomic E-state index is 0.00393. The lowest BCUT2D eigenvalue weighted by Crippen LogP contribution is -2.44. The summed E-state index contributed by atoms with van der Waals surface area (Å²) in [5.74, 6) is -1.34. The van der Waals surface area contributed by atoms with Crippen LogP contribution in [0.4, 0.5) is 20.2 Å². The molecule has 1 saturated heterocycles. The molecule has 22 heavy (non-hydrogen) atoms. The van der Waals surface area contributed by atoms with E-state index in [-0.39, 0.29) is 17.3 Å². The van der Waals surface area contributed by atoms with Gasteiger partial charge in [-0.2, -0.15) is 0 Å². The van der Waals surface area contributed by atoms with Crippen LogP contribution in [-0.4, -0.2) is 38.6 Å². The number of nitrogens with one attached hydrogen (secondary N) is 1. The smallest absolute Gasteiger partial charge is 0.226 e. The molecule has 1 fully saturated rings. The molecule has 0 saturated carbocycles. The molecule has 2 rings (SSSR count). The molecule has 1 aromatic rings. The van der Waals surface area contributed by atoms with Crippen molar-refractivity contribution in [3.63, 3.8) is 0 Å². The number of anilines is 2. The molecule has 1 aromatic carbocycles. The second kappa shape index (κ2) is 7.54. The number of hydrogen-bond acceptors (Lipinski definition) is 3. The highest BCUT2D eigenvalue weighted by molar-refractivity contribution is 5.93. The fourth-order valence-electron chi connectivity index (χ4n) is 2.75. The van der Waals surface area contributed by atoms with E-state index >= 15 is 0 Å². The van der Waals surface area contributed by atoms with Gasteiger partial charge in [-0.3, -0.25) is 4.79 Å². The van der Waals surface area contributed by atoms with Gasteiger partial charge < -0.3 is 15.1 Å². The van der Waals surface area contributed by atoms with Crippen LogP contribution in [0.15, 0.2) is 12.1 Å². The summed E-state index contributed by atoms with van der Waals surface area (Å²) in [4.78, 5) is 15.2. The highest BCUT2D eigenvalue weighted by atomic mass is 19.1. The van der Waals surface area contributed by atoms with Crippen LogP contribution < -0.4 is 15.1 Å². The average molecular weight is 311 g/mol. The summed E-state index contributed by atoms with van der Waals surface area (Å²) in [6.07, 6.45) is 1.08. The lowest BCUT2D eigenvalue weighted by Gasteiger charge is -2.30. The first kappa shape index (κ1) is 16.7. The zero-order chi connectivity index (χ0) is 16.1. The summed E-state index contributed by atoms with van der Waals surface area (Å²) in [5, 5.41) is 3.15. The maximum absolute atomic E-state index is 14.4. The molecule has 1 N–H and O–H groups in total. The van der Waals surface area contributed by atoms with Crippen molar-refractivity contribution in [2.45, 2.75) is 26.7 Å². The summed E-state index contributed by atoms with van der Waals surface area (Å²) >= 11 is 0. The molecule has 1 aliphatic heterocycles.